The van der Waals surface area contributed by atoms with Crippen LogP contribution < -0.4 is 10.6 Å². The Balaban J connectivity index is 1.67. The number of rotatable bonds is 3. The zero-order chi connectivity index (χ0) is 13.2. The van der Waals surface area contributed by atoms with Gasteiger partial charge in [0, 0.05) is 28.9 Å². The van der Waals surface area contributed by atoms with Gasteiger partial charge in [-0.25, -0.2) is 0 Å². The minimum absolute atomic E-state index is 0.0322. The summed E-state index contributed by atoms with van der Waals surface area (Å²) in [5.41, 5.74) is 1.93. The average molecular weight is 325 g/mol. The van der Waals surface area contributed by atoms with Crippen molar-refractivity contribution in [3.8, 4) is 0 Å². The first-order valence-corrected chi connectivity index (χ1v) is 7.45. The maximum absolute atomic E-state index is 12.0. The van der Waals surface area contributed by atoms with Crippen LogP contribution in [0.5, 0.6) is 0 Å². The van der Waals surface area contributed by atoms with Gasteiger partial charge >= 0.3 is 0 Å². The third kappa shape index (κ3) is 2.83. The van der Waals surface area contributed by atoms with Gasteiger partial charge in [-0.05, 0) is 37.0 Å². The van der Waals surface area contributed by atoms with Crippen LogP contribution in [-0.4, -0.2) is 25.7 Å². The number of benzene rings is 1. The lowest BCUT2D eigenvalue weighted by atomic mass is 10.0. The Morgan fingerprint density at radius 3 is 3.16 bits per heavy atom. The van der Waals surface area contributed by atoms with E-state index in [-0.39, 0.29) is 11.9 Å². The fourth-order valence-electron chi connectivity index (χ4n) is 2.69. The van der Waals surface area contributed by atoms with Crippen LogP contribution in [0, 0.1) is 5.92 Å². The van der Waals surface area contributed by atoms with E-state index in [1.165, 1.54) is 6.42 Å². The number of halogens is 1. The summed E-state index contributed by atoms with van der Waals surface area (Å²) in [4.78, 5) is 12.0. The second-order valence-corrected chi connectivity index (χ2v) is 6.06. The van der Waals surface area contributed by atoms with Gasteiger partial charge in [0.25, 0.3) is 0 Å². The van der Waals surface area contributed by atoms with E-state index in [9.17, 15) is 4.79 Å². The van der Waals surface area contributed by atoms with E-state index in [1.54, 1.807) is 0 Å². The Morgan fingerprint density at radius 1 is 1.47 bits per heavy atom. The molecule has 0 radical (unpaired) electrons. The third-order valence-corrected chi connectivity index (χ3v) is 4.20. The summed E-state index contributed by atoms with van der Waals surface area (Å²) >= 11 is 3.45. The third-order valence-electron chi connectivity index (χ3n) is 3.71. The Labute approximate surface area is 121 Å². The SMILES string of the molecule is O=C1Nc2ccc(Br)cc2C1NCC1CCCOC1. The molecule has 4 nitrogen and oxygen atoms in total. The zero-order valence-electron chi connectivity index (χ0n) is 10.6. The Kier molecular flexibility index (Phi) is 3.86. The molecule has 19 heavy (non-hydrogen) atoms. The fraction of sp³-hybridized carbons (Fsp3) is 0.500. The van der Waals surface area contributed by atoms with Crippen LogP contribution in [0.3, 0.4) is 0 Å². The number of hydrogen-bond acceptors (Lipinski definition) is 3. The van der Waals surface area contributed by atoms with Gasteiger partial charge in [0.2, 0.25) is 5.91 Å². The van der Waals surface area contributed by atoms with Gasteiger partial charge in [-0.3, -0.25) is 4.79 Å². The van der Waals surface area contributed by atoms with Crippen molar-refractivity contribution in [2.45, 2.75) is 18.9 Å². The van der Waals surface area contributed by atoms with Crippen molar-refractivity contribution < 1.29 is 9.53 Å². The molecule has 0 saturated carbocycles. The normalized spacial score (nSPS) is 26.1. The number of hydrogen-bond donors (Lipinski definition) is 2. The largest absolute Gasteiger partial charge is 0.381 e. The Morgan fingerprint density at radius 2 is 2.37 bits per heavy atom. The maximum Gasteiger partial charge on any atom is 0.246 e. The van der Waals surface area contributed by atoms with Gasteiger partial charge in [-0.2, -0.15) is 0 Å². The molecule has 0 aromatic heterocycles. The molecule has 0 aliphatic carbocycles. The molecule has 2 aliphatic rings. The molecule has 1 amide bonds. The highest BCUT2D eigenvalue weighted by atomic mass is 79.9. The number of carbonyl (C=O) groups excluding carboxylic acids is 1. The van der Waals surface area contributed by atoms with Crippen molar-refractivity contribution in [2.75, 3.05) is 25.1 Å². The minimum Gasteiger partial charge on any atom is -0.381 e. The quantitative estimate of drug-likeness (QED) is 0.898. The van der Waals surface area contributed by atoms with Gasteiger partial charge in [-0.1, -0.05) is 15.9 Å². The minimum atomic E-state index is -0.241. The van der Waals surface area contributed by atoms with Crippen LogP contribution in [0.1, 0.15) is 24.4 Å². The lowest BCUT2D eigenvalue weighted by Crippen LogP contribution is -2.34. The molecular formula is C14H17BrN2O2. The van der Waals surface area contributed by atoms with Gasteiger partial charge in [0.15, 0.2) is 0 Å². The summed E-state index contributed by atoms with van der Waals surface area (Å²) < 4.78 is 6.46. The molecule has 2 N–H and O–H groups in total. The molecule has 1 saturated heterocycles. The molecule has 102 valence electrons. The van der Waals surface area contributed by atoms with E-state index in [0.717, 1.165) is 41.9 Å². The number of nitrogens with one attached hydrogen (secondary N) is 2. The van der Waals surface area contributed by atoms with Crippen molar-refractivity contribution in [3.05, 3.63) is 28.2 Å². The first-order valence-electron chi connectivity index (χ1n) is 6.65. The van der Waals surface area contributed by atoms with Crippen molar-refractivity contribution >= 4 is 27.5 Å². The molecule has 3 rings (SSSR count). The van der Waals surface area contributed by atoms with Crippen LogP contribution in [0.4, 0.5) is 5.69 Å². The van der Waals surface area contributed by atoms with Crippen LogP contribution in [-0.2, 0) is 9.53 Å². The highest BCUT2D eigenvalue weighted by Gasteiger charge is 2.30. The van der Waals surface area contributed by atoms with Crippen LogP contribution in [0.25, 0.3) is 0 Å². The van der Waals surface area contributed by atoms with Crippen molar-refractivity contribution in [2.24, 2.45) is 5.92 Å². The zero-order valence-corrected chi connectivity index (χ0v) is 12.2. The van der Waals surface area contributed by atoms with Gasteiger partial charge < -0.3 is 15.4 Å². The lowest BCUT2D eigenvalue weighted by Gasteiger charge is -2.23. The number of carbonyl (C=O) groups is 1. The first kappa shape index (κ1) is 13.1. The highest BCUT2D eigenvalue weighted by Crippen LogP contribution is 2.33. The number of fused-ring (bicyclic) bond motifs is 1. The van der Waals surface area contributed by atoms with Gasteiger partial charge in [0.05, 0.1) is 6.61 Å². The first-order chi connectivity index (χ1) is 9.24. The summed E-state index contributed by atoms with van der Waals surface area (Å²) in [7, 11) is 0. The molecule has 0 bridgehead atoms. The van der Waals surface area contributed by atoms with E-state index >= 15 is 0 Å². The topological polar surface area (TPSA) is 50.4 Å². The Bertz CT molecular complexity index is 486. The van der Waals surface area contributed by atoms with E-state index in [0.29, 0.717) is 5.92 Å². The highest BCUT2D eigenvalue weighted by molar-refractivity contribution is 9.10. The van der Waals surface area contributed by atoms with Crippen molar-refractivity contribution in [3.63, 3.8) is 0 Å². The molecule has 5 heteroatoms. The predicted octanol–water partition coefficient (Wildman–Crippen LogP) is 2.46. The average Bonchev–Trinajstić information content (AvgIpc) is 2.73. The van der Waals surface area contributed by atoms with Crippen molar-refractivity contribution in [1.82, 2.24) is 5.32 Å². The monoisotopic (exact) mass is 324 g/mol. The second-order valence-electron chi connectivity index (χ2n) is 5.15. The van der Waals surface area contributed by atoms with Crippen molar-refractivity contribution in [1.29, 1.82) is 0 Å². The van der Waals surface area contributed by atoms with E-state index in [1.807, 2.05) is 18.2 Å². The standard InChI is InChI=1S/C14H17BrN2O2/c15-10-3-4-12-11(6-10)13(14(18)17-12)16-7-9-2-1-5-19-8-9/h3-4,6,9,13,16H,1-2,5,7-8H2,(H,17,18). The van der Waals surface area contributed by atoms with E-state index < -0.39 is 0 Å². The molecule has 0 spiro atoms. The maximum atomic E-state index is 12.0. The summed E-state index contributed by atoms with van der Waals surface area (Å²) in [5, 5.41) is 6.28. The summed E-state index contributed by atoms with van der Waals surface area (Å²) in [5.74, 6) is 0.544. The molecule has 2 atom stereocenters. The smallest absolute Gasteiger partial charge is 0.246 e. The molecule has 1 aromatic rings. The second kappa shape index (κ2) is 5.61. The lowest BCUT2D eigenvalue weighted by molar-refractivity contribution is -0.117. The summed E-state index contributed by atoms with van der Waals surface area (Å²) in [6.45, 7) is 2.49. The van der Waals surface area contributed by atoms with Crippen LogP contribution >= 0.6 is 15.9 Å². The molecule has 1 fully saturated rings. The number of anilines is 1. The van der Waals surface area contributed by atoms with Crippen LogP contribution in [0.15, 0.2) is 22.7 Å². The molecule has 2 aliphatic heterocycles. The Hall–Kier alpha value is -0.910. The number of amides is 1. The molecule has 2 heterocycles. The van der Waals surface area contributed by atoms with Gasteiger partial charge in [0.1, 0.15) is 6.04 Å². The molecule has 2 unspecified atom stereocenters. The van der Waals surface area contributed by atoms with E-state index in [2.05, 4.69) is 26.6 Å². The molecular weight excluding hydrogens is 308 g/mol. The van der Waals surface area contributed by atoms with Gasteiger partial charge in [-0.15, -0.1) is 0 Å². The summed E-state index contributed by atoms with van der Waals surface area (Å²) in [6.07, 6.45) is 2.29. The summed E-state index contributed by atoms with van der Waals surface area (Å²) in [6, 6.07) is 5.64. The predicted molar refractivity (Wildman–Crippen MR) is 77.1 cm³/mol. The van der Waals surface area contributed by atoms with Crippen LogP contribution in [0.2, 0.25) is 0 Å². The number of ether oxygens (including phenoxy) is 1. The molecule has 1 aromatic carbocycles. The fourth-order valence-corrected chi connectivity index (χ4v) is 3.07. The van der Waals surface area contributed by atoms with E-state index in [4.69, 9.17) is 4.74 Å².